The van der Waals surface area contributed by atoms with Gasteiger partial charge in [0.1, 0.15) is 5.82 Å². The summed E-state index contributed by atoms with van der Waals surface area (Å²) in [6.45, 7) is 3.05. The average Bonchev–Trinajstić information content (AvgIpc) is 2.54. The van der Waals surface area contributed by atoms with Gasteiger partial charge in [0.15, 0.2) is 5.78 Å². The van der Waals surface area contributed by atoms with Crippen molar-refractivity contribution in [3.05, 3.63) is 35.6 Å². The SMILES string of the molecule is CC(NCCC(=O)c1ccc(F)cc1)C12CC3CC(CC(C3)C1)C2.Cl. The molecule has 0 aromatic heterocycles. The first-order chi connectivity index (χ1) is 11.5. The van der Waals surface area contributed by atoms with E-state index >= 15 is 0 Å². The molecule has 25 heavy (non-hydrogen) atoms. The standard InChI is InChI=1S/C21H28FNO.ClH/c1-14(21-11-15-8-16(12-21)10-17(9-15)13-21)23-7-6-20(24)18-2-4-19(22)5-3-18;/h2-5,14-17,23H,6-13H2,1H3;1H. The van der Waals surface area contributed by atoms with Gasteiger partial charge in [0, 0.05) is 24.6 Å². The van der Waals surface area contributed by atoms with Crippen LogP contribution in [0.3, 0.4) is 0 Å². The summed E-state index contributed by atoms with van der Waals surface area (Å²) in [5, 5.41) is 3.66. The quantitative estimate of drug-likeness (QED) is 0.717. The minimum atomic E-state index is -0.292. The summed E-state index contributed by atoms with van der Waals surface area (Å²) < 4.78 is 12.9. The molecule has 4 saturated carbocycles. The number of carbonyl (C=O) groups is 1. The van der Waals surface area contributed by atoms with E-state index in [1.165, 1.54) is 50.7 Å². The van der Waals surface area contributed by atoms with E-state index in [0.717, 1.165) is 24.3 Å². The number of carbonyl (C=O) groups excluding carboxylic acids is 1. The first-order valence-corrected chi connectivity index (χ1v) is 9.56. The molecular formula is C21H29ClFNO. The van der Waals surface area contributed by atoms with Crippen molar-refractivity contribution < 1.29 is 9.18 Å². The number of ketones is 1. The molecule has 4 bridgehead atoms. The molecular weight excluding hydrogens is 337 g/mol. The number of halogens is 2. The van der Waals surface area contributed by atoms with Crippen LogP contribution < -0.4 is 5.32 Å². The van der Waals surface area contributed by atoms with E-state index in [0.29, 0.717) is 23.4 Å². The van der Waals surface area contributed by atoms with E-state index in [1.54, 1.807) is 12.1 Å². The molecule has 5 rings (SSSR count). The normalized spacial score (nSPS) is 33.8. The van der Waals surface area contributed by atoms with Gasteiger partial charge in [-0.15, -0.1) is 12.4 Å². The van der Waals surface area contributed by atoms with Crippen LogP contribution in [0.15, 0.2) is 24.3 Å². The van der Waals surface area contributed by atoms with Crippen molar-refractivity contribution >= 4 is 18.2 Å². The lowest BCUT2D eigenvalue weighted by atomic mass is 9.48. The third-order valence-corrected chi connectivity index (χ3v) is 6.97. The third-order valence-electron chi connectivity index (χ3n) is 6.97. The molecule has 1 unspecified atom stereocenters. The van der Waals surface area contributed by atoms with Crippen molar-refractivity contribution in [1.29, 1.82) is 0 Å². The molecule has 2 nitrogen and oxygen atoms in total. The summed E-state index contributed by atoms with van der Waals surface area (Å²) in [4.78, 5) is 12.2. The minimum absolute atomic E-state index is 0. The topological polar surface area (TPSA) is 29.1 Å². The number of benzene rings is 1. The second kappa shape index (κ2) is 7.36. The van der Waals surface area contributed by atoms with Gasteiger partial charge in [-0.25, -0.2) is 4.39 Å². The molecule has 138 valence electrons. The third kappa shape index (κ3) is 3.78. The lowest BCUT2D eigenvalue weighted by molar-refractivity contribution is -0.0702. The second-order valence-electron chi connectivity index (χ2n) is 8.64. The number of rotatable bonds is 6. The van der Waals surface area contributed by atoms with Crippen LogP contribution in [0.4, 0.5) is 4.39 Å². The zero-order valence-corrected chi connectivity index (χ0v) is 15.8. The van der Waals surface area contributed by atoms with Gasteiger partial charge in [0.2, 0.25) is 0 Å². The van der Waals surface area contributed by atoms with Crippen LogP contribution in [-0.2, 0) is 0 Å². The molecule has 4 aliphatic carbocycles. The van der Waals surface area contributed by atoms with Gasteiger partial charge in [-0.2, -0.15) is 0 Å². The van der Waals surface area contributed by atoms with E-state index in [9.17, 15) is 9.18 Å². The Balaban J connectivity index is 0.00000182. The highest BCUT2D eigenvalue weighted by Gasteiger charge is 2.52. The lowest BCUT2D eigenvalue weighted by Gasteiger charge is -2.59. The summed E-state index contributed by atoms with van der Waals surface area (Å²) in [5.74, 6) is 2.68. The van der Waals surface area contributed by atoms with Crippen LogP contribution in [0.5, 0.6) is 0 Å². The van der Waals surface area contributed by atoms with Crippen molar-refractivity contribution in [3.8, 4) is 0 Å². The van der Waals surface area contributed by atoms with Crippen molar-refractivity contribution in [2.75, 3.05) is 6.54 Å². The molecule has 1 aromatic rings. The first kappa shape index (κ1) is 18.8. The minimum Gasteiger partial charge on any atom is -0.313 e. The molecule has 1 atom stereocenters. The Labute approximate surface area is 156 Å². The maximum Gasteiger partial charge on any atom is 0.164 e. The van der Waals surface area contributed by atoms with E-state index < -0.39 is 0 Å². The van der Waals surface area contributed by atoms with Gasteiger partial charge in [0.25, 0.3) is 0 Å². The fourth-order valence-corrected chi connectivity index (χ4v) is 6.11. The van der Waals surface area contributed by atoms with E-state index in [4.69, 9.17) is 0 Å². The molecule has 4 aliphatic rings. The predicted molar refractivity (Wildman–Crippen MR) is 101 cm³/mol. The smallest absolute Gasteiger partial charge is 0.164 e. The summed E-state index contributed by atoms with van der Waals surface area (Å²) in [7, 11) is 0. The Bertz CT molecular complexity index is 580. The van der Waals surface area contributed by atoms with Gasteiger partial charge in [-0.05, 0) is 92.9 Å². The average molecular weight is 366 g/mol. The Hall–Kier alpha value is -0.930. The zero-order chi connectivity index (χ0) is 16.7. The summed E-state index contributed by atoms with van der Waals surface area (Å²) >= 11 is 0. The highest BCUT2D eigenvalue weighted by atomic mass is 35.5. The van der Waals surface area contributed by atoms with Gasteiger partial charge < -0.3 is 5.32 Å². The molecule has 4 fully saturated rings. The Morgan fingerprint density at radius 2 is 1.64 bits per heavy atom. The molecule has 0 aliphatic heterocycles. The van der Waals surface area contributed by atoms with Crippen LogP contribution in [0, 0.1) is 29.0 Å². The first-order valence-electron chi connectivity index (χ1n) is 9.56. The molecule has 0 amide bonds. The van der Waals surface area contributed by atoms with Crippen LogP contribution in [-0.4, -0.2) is 18.4 Å². The van der Waals surface area contributed by atoms with Crippen LogP contribution in [0.25, 0.3) is 0 Å². The van der Waals surface area contributed by atoms with Crippen molar-refractivity contribution in [2.24, 2.45) is 23.2 Å². The number of Topliss-reactive ketones (excluding diaryl/α,β-unsaturated/α-hetero) is 1. The maximum absolute atomic E-state index is 12.9. The Kier molecular flexibility index (Phi) is 5.55. The van der Waals surface area contributed by atoms with Crippen LogP contribution >= 0.6 is 12.4 Å². The van der Waals surface area contributed by atoms with Gasteiger partial charge in [-0.1, -0.05) is 0 Å². The highest BCUT2D eigenvalue weighted by Crippen LogP contribution is 2.61. The highest BCUT2D eigenvalue weighted by molar-refractivity contribution is 5.96. The van der Waals surface area contributed by atoms with Gasteiger partial charge in [0.05, 0.1) is 0 Å². The molecule has 0 spiro atoms. The fourth-order valence-electron chi connectivity index (χ4n) is 6.11. The van der Waals surface area contributed by atoms with Crippen LogP contribution in [0.1, 0.15) is 62.2 Å². The van der Waals surface area contributed by atoms with Gasteiger partial charge >= 0.3 is 0 Å². The summed E-state index contributed by atoms with van der Waals surface area (Å²) in [5.41, 5.74) is 1.09. The maximum atomic E-state index is 12.9. The molecule has 1 aromatic carbocycles. The molecule has 0 saturated heterocycles. The number of nitrogens with one attached hydrogen (secondary N) is 1. The van der Waals surface area contributed by atoms with E-state index in [2.05, 4.69) is 12.2 Å². The second-order valence-corrected chi connectivity index (χ2v) is 8.64. The summed E-state index contributed by atoms with van der Waals surface area (Å²) in [6.07, 6.45) is 9.05. The fraction of sp³-hybridized carbons (Fsp3) is 0.667. The van der Waals surface area contributed by atoms with Crippen molar-refractivity contribution in [1.82, 2.24) is 5.32 Å². The van der Waals surface area contributed by atoms with Gasteiger partial charge in [-0.3, -0.25) is 4.79 Å². The molecule has 1 N–H and O–H groups in total. The van der Waals surface area contributed by atoms with E-state index in [1.807, 2.05) is 0 Å². The Morgan fingerprint density at radius 1 is 1.12 bits per heavy atom. The predicted octanol–water partition coefficient (Wildman–Crippen LogP) is 5.01. The van der Waals surface area contributed by atoms with Crippen molar-refractivity contribution in [3.63, 3.8) is 0 Å². The molecule has 0 heterocycles. The van der Waals surface area contributed by atoms with Crippen molar-refractivity contribution in [2.45, 2.75) is 57.9 Å². The lowest BCUT2D eigenvalue weighted by Crippen LogP contribution is -2.55. The number of hydrogen-bond acceptors (Lipinski definition) is 2. The zero-order valence-electron chi connectivity index (χ0n) is 15.0. The molecule has 0 radical (unpaired) electrons. The monoisotopic (exact) mass is 365 g/mol. The molecule has 4 heteroatoms. The van der Waals surface area contributed by atoms with E-state index in [-0.39, 0.29) is 24.0 Å². The Morgan fingerprint density at radius 3 is 2.16 bits per heavy atom. The number of hydrogen-bond donors (Lipinski definition) is 1. The largest absolute Gasteiger partial charge is 0.313 e. The van der Waals surface area contributed by atoms with Crippen LogP contribution in [0.2, 0.25) is 0 Å². The summed E-state index contributed by atoms with van der Waals surface area (Å²) in [6, 6.07) is 6.38.